The number of hydrogen-bond donors (Lipinski definition) is 3. The first-order valence-corrected chi connectivity index (χ1v) is 9.85. The van der Waals surface area contributed by atoms with Crippen LogP contribution in [0.25, 0.3) is 28.1 Å². The molecule has 5 rings (SSSR count). The minimum absolute atomic E-state index is 0.0288. The Kier molecular flexibility index (Phi) is 4.45. The van der Waals surface area contributed by atoms with Gasteiger partial charge >= 0.3 is 0 Å². The molecule has 0 unspecified atom stereocenters. The SMILES string of the molecule is OCCn1cc(C=C2Cc3c(O)cc(O)cc3O2)c2c(-c3ccccc3)cccc21. The van der Waals surface area contributed by atoms with Crippen LogP contribution in [0.3, 0.4) is 0 Å². The van der Waals surface area contributed by atoms with Crippen LogP contribution in [0.15, 0.2) is 72.6 Å². The topological polar surface area (TPSA) is 74.9 Å². The summed E-state index contributed by atoms with van der Waals surface area (Å²) in [5.74, 6) is 1.16. The molecule has 3 N–H and O–H groups in total. The van der Waals surface area contributed by atoms with Crippen LogP contribution in [0.1, 0.15) is 11.1 Å². The van der Waals surface area contributed by atoms with Crippen LogP contribution >= 0.6 is 0 Å². The Hall–Kier alpha value is -3.70. The number of phenols is 2. The van der Waals surface area contributed by atoms with Crippen LogP contribution < -0.4 is 4.74 Å². The molecule has 1 aliphatic heterocycles. The van der Waals surface area contributed by atoms with E-state index in [-0.39, 0.29) is 18.1 Å². The molecule has 0 saturated heterocycles. The van der Waals surface area contributed by atoms with Crippen molar-refractivity contribution in [2.24, 2.45) is 0 Å². The van der Waals surface area contributed by atoms with E-state index in [0.717, 1.165) is 27.6 Å². The molecule has 0 saturated carbocycles. The van der Waals surface area contributed by atoms with E-state index in [0.29, 0.717) is 30.0 Å². The molecule has 0 aliphatic carbocycles. The highest BCUT2D eigenvalue weighted by atomic mass is 16.5. The predicted molar refractivity (Wildman–Crippen MR) is 117 cm³/mol. The number of aliphatic hydroxyl groups excluding tert-OH is 1. The average Bonchev–Trinajstić information content (AvgIpc) is 3.31. The van der Waals surface area contributed by atoms with Crippen molar-refractivity contribution >= 4 is 17.0 Å². The lowest BCUT2D eigenvalue weighted by Crippen LogP contribution is -1.99. The number of aromatic hydroxyl groups is 2. The van der Waals surface area contributed by atoms with Gasteiger partial charge in [0.05, 0.1) is 6.61 Å². The van der Waals surface area contributed by atoms with E-state index >= 15 is 0 Å². The lowest BCUT2D eigenvalue weighted by atomic mass is 9.98. The van der Waals surface area contributed by atoms with Gasteiger partial charge in [-0.15, -0.1) is 0 Å². The molecule has 0 atom stereocenters. The number of rotatable bonds is 4. The van der Waals surface area contributed by atoms with Gasteiger partial charge in [0, 0.05) is 53.3 Å². The molecule has 30 heavy (non-hydrogen) atoms. The largest absolute Gasteiger partial charge is 0.508 e. The molecule has 3 aromatic carbocycles. The van der Waals surface area contributed by atoms with E-state index in [1.807, 2.05) is 47.2 Å². The summed E-state index contributed by atoms with van der Waals surface area (Å²) in [6.07, 6.45) is 4.44. The summed E-state index contributed by atoms with van der Waals surface area (Å²) in [4.78, 5) is 0. The maximum absolute atomic E-state index is 10.1. The molecular weight excluding hydrogens is 378 g/mol. The fourth-order valence-corrected chi connectivity index (χ4v) is 4.14. The van der Waals surface area contributed by atoms with Crippen LogP contribution in [0.5, 0.6) is 17.2 Å². The van der Waals surface area contributed by atoms with Crippen molar-refractivity contribution in [3.63, 3.8) is 0 Å². The molecule has 0 radical (unpaired) electrons. The molecule has 2 heterocycles. The molecule has 5 heteroatoms. The number of hydrogen-bond acceptors (Lipinski definition) is 4. The van der Waals surface area contributed by atoms with Gasteiger partial charge in [-0.25, -0.2) is 0 Å². The third-order valence-electron chi connectivity index (χ3n) is 5.44. The second-order valence-corrected chi connectivity index (χ2v) is 7.40. The minimum Gasteiger partial charge on any atom is -0.508 e. The molecule has 0 spiro atoms. The highest BCUT2D eigenvalue weighted by Gasteiger charge is 2.23. The number of nitrogens with zero attached hydrogens (tertiary/aromatic N) is 1. The van der Waals surface area contributed by atoms with Gasteiger partial charge in [-0.1, -0.05) is 42.5 Å². The standard InChI is InChI=1S/C25H21NO4/c27-10-9-26-15-17(11-19-14-21-23(29)12-18(28)13-24(21)30-19)25-20(7-4-8-22(25)26)16-5-2-1-3-6-16/h1-8,11-13,15,27-29H,9-10,14H2. The van der Waals surface area contributed by atoms with E-state index < -0.39 is 0 Å². The molecule has 0 fully saturated rings. The summed E-state index contributed by atoms with van der Waals surface area (Å²) in [7, 11) is 0. The summed E-state index contributed by atoms with van der Waals surface area (Å²) in [5, 5.41) is 30.5. The lowest BCUT2D eigenvalue weighted by molar-refractivity contribution is 0.278. The number of benzene rings is 3. The number of phenolic OH excluding ortho intramolecular Hbond substituents is 2. The molecule has 0 amide bonds. The van der Waals surface area contributed by atoms with Crippen molar-refractivity contribution in [3.05, 3.63) is 83.7 Å². The van der Waals surface area contributed by atoms with E-state index in [1.54, 1.807) is 0 Å². The van der Waals surface area contributed by atoms with Crippen LogP contribution in [-0.2, 0) is 13.0 Å². The number of fused-ring (bicyclic) bond motifs is 2. The van der Waals surface area contributed by atoms with Crippen molar-refractivity contribution in [2.45, 2.75) is 13.0 Å². The molecule has 5 nitrogen and oxygen atoms in total. The Morgan fingerprint density at radius 3 is 2.63 bits per heavy atom. The first-order chi connectivity index (χ1) is 14.6. The number of aliphatic hydroxyl groups is 1. The van der Waals surface area contributed by atoms with E-state index in [9.17, 15) is 15.3 Å². The normalized spacial score (nSPS) is 14.2. The minimum atomic E-state index is -0.0292. The highest BCUT2D eigenvalue weighted by molar-refractivity contribution is 6.01. The van der Waals surface area contributed by atoms with Crippen LogP contribution in [0, 0.1) is 0 Å². The van der Waals surface area contributed by atoms with Gasteiger partial charge in [-0.2, -0.15) is 0 Å². The van der Waals surface area contributed by atoms with Gasteiger partial charge in [0.2, 0.25) is 0 Å². The Balaban J connectivity index is 1.66. The first-order valence-electron chi connectivity index (χ1n) is 9.85. The fourth-order valence-electron chi connectivity index (χ4n) is 4.14. The van der Waals surface area contributed by atoms with E-state index in [2.05, 4.69) is 18.2 Å². The zero-order valence-corrected chi connectivity index (χ0v) is 16.2. The summed E-state index contributed by atoms with van der Waals surface area (Å²) in [5.41, 5.74) is 4.90. The monoisotopic (exact) mass is 399 g/mol. The summed E-state index contributed by atoms with van der Waals surface area (Å²) >= 11 is 0. The summed E-state index contributed by atoms with van der Waals surface area (Å²) < 4.78 is 7.96. The zero-order chi connectivity index (χ0) is 20.7. The van der Waals surface area contributed by atoms with Crippen molar-refractivity contribution in [2.75, 3.05) is 6.61 Å². The van der Waals surface area contributed by atoms with Gasteiger partial charge < -0.3 is 24.6 Å². The molecule has 0 bridgehead atoms. The van der Waals surface area contributed by atoms with Gasteiger partial charge in [-0.3, -0.25) is 0 Å². The van der Waals surface area contributed by atoms with Crippen molar-refractivity contribution in [1.82, 2.24) is 4.57 Å². The molecule has 1 aliphatic rings. The lowest BCUT2D eigenvalue weighted by Gasteiger charge is -2.07. The molecule has 1 aromatic heterocycles. The van der Waals surface area contributed by atoms with Crippen LogP contribution in [0.2, 0.25) is 0 Å². The van der Waals surface area contributed by atoms with Gasteiger partial charge in [0.1, 0.15) is 23.0 Å². The Labute approximate surface area is 173 Å². The average molecular weight is 399 g/mol. The maximum atomic E-state index is 10.1. The van der Waals surface area contributed by atoms with Crippen LogP contribution in [0.4, 0.5) is 0 Å². The van der Waals surface area contributed by atoms with Crippen molar-refractivity contribution in [3.8, 4) is 28.4 Å². The molecule has 4 aromatic rings. The highest BCUT2D eigenvalue weighted by Crippen LogP contribution is 2.41. The van der Waals surface area contributed by atoms with E-state index in [4.69, 9.17) is 4.74 Å². The molecule has 150 valence electrons. The van der Waals surface area contributed by atoms with Gasteiger partial charge in [0.25, 0.3) is 0 Å². The second-order valence-electron chi connectivity index (χ2n) is 7.40. The third kappa shape index (κ3) is 3.09. The summed E-state index contributed by atoms with van der Waals surface area (Å²) in [6.45, 7) is 0.540. The van der Waals surface area contributed by atoms with Gasteiger partial charge in [-0.05, 0) is 23.3 Å². The second kappa shape index (κ2) is 7.28. The van der Waals surface area contributed by atoms with Crippen molar-refractivity contribution in [1.29, 1.82) is 0 Å². The van der Waals surface area contributed by atoms with Gasteiger partial charge in [0.15, 0.2) is 0 Å². The van der Waals surface area contributed by atoms with Crippen molar-refractivity contribution < 1.29 is 20.1 Å². The van der Waals surface area contributed by atoms with Crippen LogP contribution in [-0.4, -0.2) is 26.5 Å². The predicted octanol–water partition coefficient (Wildman–Crippen LogP) is 4.69. The molecular formula is C25H21NO4. The first kappa shape index (κ1) is 18.3. The zero-order valence-electron chi connectivity index (χ0n) is 16.2. The quantitative estimate of drug-likeness (QED) is 0.465. The number of aromatic nitrogens is 1. The smallest absolute Gasteiger partial charge is 0.137 e. The van der Waals surface area contributed by atoms with E-state index in [1.165, 1.54) is 12.1 Å². The maximum Gasteiger partial charge on any atom is 0.137 e. The number of allylic oxidation sites excluding steroid dienone is 1. The number of ether oxygens (including phenoxy) is 1. The fraction of sp³-hybridized carbons (Fsp3) is 0.120. The summed E-state index contributed by atoms with van der Waals surface area (Å²) in [6, 6.07) is 19.2. The third-order valence-corrected chi connectivity index (χ3v) is 5.44. The Morgan fingerprint density at radius 1 is 1.00 bits per heavy atom. The Bertz CT molecular complexity index is 1270. The Morgan fingerprint density at radius 2 is 1.83 bits per heavy atom.